The van der Waals surface area contributed by atoms with Crippen molar-refractivity contribution < 1.29 is 4.79 Å². The van der Waals surface area contributed by atoms with Crippen LogP contribution in [0.1, 0.15) is 21.5 Å². The number of nitrogens with one attached hydrogen (secondary N) is 1. The lowest BCUT2D eigenvalue weighted by molar-refractivity contribution is 0.0730. The summed E-state index contributed by atoms with van der Waals surface area (Å²) in [6.07, 6.45) is 2.15. The van der Waals surface area contributed by atoms with Gasteiger partial charge in [-0.15, -0.1) is 0 Å². The number of aryl methyl sites for hydroxylation is 1. The third-order valence-corrected chi connectivity index (χ3v) is 4.79. The summed E-state index contributed by atoms with van der Waals surface area (Å²) in [5.41, 5.74) is 1.40. The number of benzene rings is 1. The number of carbonyl (C=O) groups is 1. The minimum atomic E-state index is -0.651. The standard InChI is InChI=1S/C18H22N4O3/c1-20-9-13-7-5-4-6-12(13)8-14(20)10-21(2)17(24)15-11-22(3)18(25)19-16(15)23/h4-7,11,14H,8-10H2,1-3H3,(H,19,23,25)/t14-/m1/s1. The van der Waals surface area contributed by atoms with Crippen molar-refractivity contribution in [1.82, 2.24) is 19.4 Å². The van der Waals surface area contributed by atoms with E-state index in [1.165, 1.54) is 28.9 Å². The molecule has 1 aromatic carbocycles. The Balaban J connectivity index is 1.77. The molecule has 2 heterocycles. The number of aromatic amines is 1. The first-order chi connectivity index (χ1) is 11.9. The second-order valence-electron chi connectivity index (χ2n) is 6.64. The third-order valence-electron chi connectivity index (χ3n) is 4.79. The van der Waals surface area contributed by atoms with Crippen LogP contribution in [0, 0.1) is 0 Å². The molecular formula is C18H22N4O3. The highest BCUT2D eigenvalue weighted by Gasteiger charge is 2.26. The Bertz CT molecular complexity index is 915. The predicted octanol–water partition coefficient (Wildman–Crippen LogP) is 0.202. The maximum absolute atomic E-state index is 12.6. The van der Waals surface area contributed by atoms with Crippen molar-refractivity contribution in [3.05, 3.63) is 68.0 Å². The number of carbonyl (C=O) groups excluding carboxylic acids is 1. The van der Waals surface area contributed by atoms with Gasteiger partial charge in [-0.05, 0) is 24.6 Å². The lowest BCUT2D eigenvalue weighted by atomic mass is 9.94. The number of aromatic nitrogens is 2. The maximum atomic E-state index is 12.6. The fourth-order valence-corrected chi connectivity index (χ4v) is 3.24. The smallest absolute Gasteiger partial charge is 0.328 e. The monoisotopic (exact) mass is 342 g/mol. The normalized spacial score (nSPS) is 17.2. The molecule has 0 fully saturated rings. The molecule has 0 radical (unpaired) electrons. The van der Waals surface area contributed by atoms with E-state index < -0.39 is 11.2 Å². The molecule has 25 heavy (non-hydrogen) atoms. The number of amides is 1. The number of hydrogen-bond acceptors (Lipinski definition) is 4. The molecule has 1 aromatic heterocycles. The van der Waals surface area contributed by atoms with E-state index in [0.717, 1.165) is 13.0 Å². The molecule has 0 saturated carbocycles. The lowest BCUT2D eigenvalue weighted by Gasteiger charge is -2.36. The Kier molecular flexibility index (Phi) is 4.59. The molecule has 0 unspecified atom stereocenters. The molecule has 1 N–H and O–H groups in total. The van der Waals surface area contributed by atoms with Crippen molar-refractivity contribution in [2.45, 2.75) is 19.0 Å². The van der Waals surface area contributed by atoms with Gasteiger partial charge in [0.05, 0.1) is 0 Å². The van der Waals surface area contributed by atoms with E-state index >= 15 is 0 Å². The average molecular weight is 342 g/mol. The largest absolute Gasteiger partial charge is 0.340 e. The molecule has 132 valence electrons. The summed E-state index contributed by atoms with van der Waals surface area (Å²) < 4.78 is 1.20. The van der Waals surface area contributed by atoms with E-state index in [0.29, 0.717) is 6.54 Å². The molecule has 7 heteroatoms. The zero-order chi connectivity index (χ0) is 18.1. The molecule has 1 aliphatic rings. The summed E-state index contributed by atoms with van der Waals surface area (Å²) >= 11 is 0. The second-order valence-corrected chi connectivity index (χ2v) is 6.64. The molecule has 0 bridgehead atoms. The number of fused-ring (bicyclic) bond motifs is 1. The summed E-state index contributed by atoms with van der Waals surface area (Å²) in [7, 11) is 5.22. The van der Waals surface area contributed by atoms with Crippen LogP contribution < -0.4 is 11.2 Å². The Labute approximate surface area is 145 Å². The third kappa shape index (κ3) is 3.41. The molecule has 1 aliphatic heterocycles. The van der Waals surface area contributed by atoms with Crippen molar-refractivity contribution in [2.24, 2.45) is 7.05 Å². The van der Waals surface area contributed by atoms with Crippen LogP contribution in [0.4, 0.5) is 0 Å². The number of rotatable bonds is 3. The minimum absolute atomic E-state index is 0.0246. The van der Waals surface area contributed by atoms with E-state index in [-0.39, 0.29) is 17.5 Å². The van der Waals surface area contributed by atoms with E-state index in [4.69, 9.17) is 0 Å². The van der Waals surface area contributed by atoms with Gasteiger partial charge in [0.15, 0.2) is 0 Å². The van der Waals surface area contributed by atoms with Gasteiger partial charge in [-0.2, -0.15) is 0 Å². The van der Waals surface area contributed by atoms with Gasteiger partial charge < -0.3 is 9.47 Å². The molecule has 0 saturated heterocycles. The quantitative estimate of drug-likeness (QED) is 0.864. The molecule has 2 aromatic rings. The SMILES string of the molecule is CN(C[C@H]1Cc2ccccc2CN1C)C(=O)c1cn(C)c(=O)[nH]c1=O. The van der Waals surface area contributed by atoms with Gasteiger partial charge in [-0.3, -0.25) is 19.5 Å². The summed E-state index contributed by atoms with van der Waals surface area (Å²) in [5, 5.41) is 0. The highest BCUT2D eigenvalue weighted by molar-refractivity contribution is 5.93. The van der Waals surface area contributed by atoms with Crippen LogP contribution in [0.15, 0.2) is 40.1 Å². The highest BCUT2D eigenvalue weighted by atomic mass is 16.2. The maximum Gasteiger partial charge on any atom is 0.328 e. The Morgan fingerprint density at radius 1 is 1.24 bits per heavy atom. The number of H-pyrrole nitrogens is 1. The Hall–Kier alpha value is -2.67. The number of hydrogen-bond donors (Lipinski definition) is 1. The predicted molar refractivity (Wildman–Crippen MR) is 94.7 cm³/mol. The van der Waals surface area contributed by atoms with E-state index in [1.54, 1.807) is 11.9 Å². The van der Waals surface area contributed by atoms with Gasteiger partial charge in [-0.1, -0.05) is 24.3 Å². The topological polar surface area (TPSA) is 78.4 Å². The summed E-state index contributed by atoms with van der Waals surface area (Å²) in [4.78, 5) is 41.9. The molecule has 7 nitrogen and oxygen atoms in total. The zero-order valence-corrected chi connectivity index (χ0v) is 14.7. The van der Waals surface area contributed by atoms with Crippen LogP contribution in [-0.2, 0) is 20.0 Å². The van der Waals surface area contributed by atoms with E-state index in [9.17, 15) is 14.4 Å². The fourth-order valence-electron chi connectivity index (χ4n) is 3.24. The molecule has 0 spiro atoms. The molecule has 1 amide bonds. The van der Waals surface area contributed by atoms with Crippen molar-refractivity contribution in [3.8, 4) is 0 Å². The van der Waals surface area contributed by atoms with Crippen LogP contribution in [0.3, 0.4) is 0 Å². The zero-order valence-electron chi connectivity index (χ0n) is 14.7. The van der Waals surface area contributed by atoms with E-state index in [2.05, 4.69) is 22.0 Å². The number of likely N-dealkylation sites (N-methyl/N-ethyl adjacent to an activating group) is 2. The van der Waals surface area contributed by atoms with Gasteiger partial charge in [0.25, 0.3) is 11.5 Å². The first-order valence-electron chi connectivity index (χ1n) is 8.19. The lowest BCUT2D eigenvalue weighted by Crippen LogP contribution is -2.47. The van der Waals surface area contributed by atoms with Crippen molar-refractivity contribution >= 4 is 5.91 Å². The van der Waals surface area contributed by atoms with Crippen molar-refractivity contribution in [3.63, 3.8) is 0 Å². The van der Waals surface area contributed by atoms with Gasteiger partial charge in [-0.25, -0.2) is 4.79 Å². The minimum Gasteiger partial charge on any atom is -0.340 e. The molecule has 1 atom stereocenters. The Morgan fingerprint density at radius 2 is 1.92 bits per heavy atom. The summed E-state index contributed by atoms with van der Waals surface area (Å²) in [5.74, 6) is -0.385. The van der Waals surface area contributed by atoms with Gasteiger partial charge in [0.1, 0.15) is 5.56 Å². The van der Waals surface area contributed by atoms with Crippen LogP contribution in [0.5, 0.6) is 0 Å². The summed E-state index contributed by atoms with van der Waals surface area (Å²) in [6.45, 7) is 1.34. The molecule has 0 aliphatic carbocycles. The summed E-state index contributed by atoms with van der Waals surface area (Å²) in [6, 6.07) is 8.49. The van der Waals surface area contributed by atoms with Crippen LogP contribution >= 0.6 is 0 Å². The van der Waals surface area contributed by atoms with E-state index in [1.807, 2.05) is 19.2 Å². The van der Waals surface area contributed by atoms with Crippen LogP contribution in [0.25, 0.3) is 0 Å². The first kappa shape index (κ1) is 17.2. The van der Waals surface area contributed by atoms with Gasteiger partial charge >= 0.3 is 5.69 Å². The average Bonchev–Trinajstić information content (AvgIpc) is 2.58. The van der Waals surface area contributed by atoms with Crippen LogP contribution in [0.2, 0.25) is 0 Å². The number of nitrogens with zero attached hydrogens (tertiary/aromatic N) is 3. The first-order valence-corrected chi connectivity index (χ1v) is 8.19. The van der Waals surface area contributed by atoms with Gasteiger partial charge in [0, 0.05) is 39.4 Å². The molecular weight excluding hydrogens is 320 g/mol. The molecule has 3 rings (SSSR count). The highest BCUT2D eigenvalue weighted by Crippen LogP contribution is 2.22. The fraction of sp³-hybridized carbons (Fsp3) is 0.389. The Morgan fingerprint density at radius 3 is 2.64 bits per heavy atom. The second kappa shape index (κ2) is 6.68. The van der Waals surface area contributed by atoms with Crippen LogP contribution in [-0.4, -0.2) is 51.9 Å². The van der Waals surface area contributed by atoms with Gasteiger partial charge in [0.2, 0.25) is 0 Å². The van der Waals surface area contributed by atoms with Crippen molar-refractivity contribution in [2.75, 3.05) is 20.6 Å². The van der Waals surface area contributed by atoms with Crippen molar-refractivity contribution in [1.29, 1.82) is 0 Å².